The van der Waals surface area contributed by atoms with Crippen LogP contribution < -0.4 is 5.32 Å². The van der Waals surface area contributed by atoms with Gasteiger partial charge in [-0.2, -0.15) is 0 Å². The van der Waals surface area contributed by atoms with Gasteiger partial charge in [0.05, 0.1) is 24.0 Å². The van der Waals surface area contributed by atoms with Gasteiger partial charge in [-0.1, -0.05) is 0 Å². The average molecular weight is 250 g/mol. The molecule has 0 aromatic rings. The maximum atomic E-state index is 11.7. The number of ether oxygens (including phenoxy) is 2. The first-order chi connectivity index (χ1) is 7.65. The van der Waals surface area contributed by atoms with Crippen LogP contribution in [0.3, 0.4) is 0 Å². The lowest BCUT2D eigenvalue weighted by atomic mass is 10.0. The van der Waals surface area contributed by atoms with E-state index in [2.05, 4.69) is 5.32 Å². The third-order valence-corrected chi connectivity index (χ3v) is 3.16. The molecule has 1 N–H and O–H groups in total. The van der Waals surface area contributed by atoms with E-state index in [4.69, 9.17) is 21.1 Å². The maximum Gasteiger partial charge on any atom is 0.225 e. The third kappa shape index (κ3) is 4.28. The molecule has 94 valence electrons. The number of halogens is 1. The van der Waals surface area contributed by atoms with Crippen LogP contribution in [0.4, 0.5) is 0 Å². The lowest BCUT2D eigenvalue weighted by molar-refractivity contribution is -0.126. The Bertz CT molecular complexity index is 225. The molecule has 3 unspecified atom stereocenters. The summed E-state index contributed by atoms with van der Waals surface area (Å²) >= 11 is 5.95. The van der Waals surface area contributed by atoms with Gasteiger partial charge in [0.15, 0.2) is 0 Å². The third-order valence-electron chi connectivity index (χ3n) is 2.82. The highest BCUT2D eigenvalue weighted by atomic mass is 35.5. The van der Waals surface area contributed by atoms with Gasteiger partial charge in [0.2, 0.25) is 5.91 Å². The standard InChI is InChI=1S/C11H20ClNO3/c1-8-10(4-6-16-8)11(14)13-5-3-9(12)7-15-2/h8-10H,3-7H2,1-2H3,(H,13,14). The topological polar surface area (TPSA) is 47.6 Å². The normalized spacial score (nSPS) is 26.7. The van der Waals surface area contributed by atoms with Crippen LogP contribution in [0.5, 0.6) is 0 Å². The second-order valence-corrected chi connectivity index (χ2v) is 4.72. The number of rotatable bonds is 6. The first kappa shape index (κ1) is 13.7. The fourth-order valence-electron chi connectivity index (χ4n) is 1.82. The van der Waals surface area contributed by atoms with Crippen molar-refractivity contribution in [3.8, 4) is 0 Å². The monoisotopic (exact) mass is 249 g/mol. The molecule has 4 nitrogen and oxygen atoms in total. The molecule has 0 spiro atoms. The van der Waals surface area contributed by atoms with E-state index in [1.165, 1.54) is 0 Å². The van der Waals surface area contributed by atoms with Crippen LogP contribution >= 0.6 is 11.6 Å². The van der Waals surface area contributed by atoms with Crippen molar-refractivity contribution in [3.05, 3.63) is 0 Å². The highest BCUT2D eigenvalue weighted by Gasteiger charge is 2.30. The van der Waals surface area contributed by atoms with Gasteiger partial charge in [0.25, 0.3) is 0 Å². The summed E-state index contributed by atoms with van der Waals surface area (Å²) < 4.78 is 10.3. The van der Waals surface area contributed by atoms with E-state index in [1.807, 2.05) is 6.92 Å². The molecular weight excluding hydrogens is 230 g/mol. The first-order valence-corrected chi connectivity index (χ1v) is 6.11. The van der Waals surface area contributed by atoms with Gasteiger partial charge in [0, 0.05) is 20.3 Å². The van der Waals surface area contributed by atoms with Crippen molar-refractivity contribution in [1.82, 2.24) is 5.32 Å². The zero-order chi connectivity index (χ0) is 12.0. The van der Waals surface area contributed by atoms with Crippen molar-refractivity contribution in [3.63, 3.8) is 0 Å². The Hall–Kier alpha value is -0.320. The maximum absolute atomic E-state index is 11.7. The van der Waals surface area contributed by atoms with Crippen LogP contribution in [-0.2, 0) is 14.3 Å². The van der Waals surface area contributed by atoms with Crippen molar-refractivity contribution in [2.75, 3.05) is 26.9 Å². The predicted molar refractivity (Wildman–Crippen MR) is 62.7 cm³/mol. The van der Waals surface area contributed by atoms with E-state index in [0.29, 0.717) is 19.8 Å². The molecule has 0 radical (unpaired) electrons. The van der Waals surface area contributed by atoms with Crippen molar-refractivity contribution in [1.29, 1.82) is 0 Å². The number of carbonyl (C=O) groups is 1. The van der Waals surface area contributed by atoms with E-state index in [9.17, 15) is 4.79 Å². The molecular formula is C11H20ClNO3. The molecule has 16 heavy (non-hydrogen) atoms. The zero-order valence-corrected chi connectivity index (χ0v) is 10.6. The summed E-state index contributed by atoms with van der Waals surface area (Å²) in [7, 11) is 1.62. The molecule has 0 aliphatic carbocycles. The quantitative estimate of drug-likeness (QED) is 0.719. The second-order valence-electron chi connectivity index (χ2n) is 4.10. The largest absolute Gasteiger partial charge is 0.383 e. The van der Waals surface area contributed by atoms with E-state index in [-0.39, 0.29) is 23.3 Å². The van der Waals surface area contributed by atoms with Gasteiger partial charge in [-0.15, -0.1) is 11.6 Å². The summed E-state index contributed by atoms with van der Waals surface area (Å²) in [5, 5.41) is 2.85. The minimum atomic E-state index is -0.0393. The van der Waals surface area contributed by atoms with E-state index < -0.39 is 0 Å². The van der Waals surface area contributed by atoms with Crippen molar-refractivity contribution >= 4 is 17.5 Å². The highest BCUT2D eigenvalue weighted by Crippen LogP contribution is 2.20. The number of alkyl halides is 1. The van der Waals surface area contributed by atoms with Gasteiger partial charge in [-0.05, 0) is 19.8 Å². The Balaban J connectivity index is 2.15. The summed E-state index contributed by atoms with van der Waals surface area (Å²) in [6, 6.07) is 0. The number of amides is 1. The minimum Gasteiger partial charge on any atom is -0.383 e. The van der Waals surface area contributed by atoms with Crippen LogP contribution in [0, 0.1) is 5.92 Å². The first-order valence-electron chi connectivity index (χ1n) is 5.67. The Kier molecular flexibility index (Phi) is 6.09. The lowest BCUT2D eigenvalue weighted by Crippen LogP contribution is -2.35. The molecule has 0 aromatic carbocycles. The second kappa shape index (κ2) is 7.09. The van der Waals surface area contributed by atoms with Gasteiger partial charge in [-0.25, -0.2) is 0 Å². The summed E-state index contributed by atoms with van der Waals surface area (Å²) in [6.07, 6.45) is 1.57. The molecule has 1 heterocycles. The van der Waals surface area contributed by atoms with Crippen molar-refractivity contribution < 1.29 is 14.3 Å². The molecule has 1 saturated heterocycles. The van der Waals surface area contributed by atoms with Gasteiger partial charge in [0.1, 0.15) is 0 Å². The molecule has 0 aromatic heterocycles. The Labute approximate surface area is 102 Å². The van der Waals surface area contributed by atoms with Crippen LogP contribution in [0.1, 0.15) is 19.8 Å². The summed E-state index contributed by atoms with van der Waals surface area (Å²) in [4.78, 5) is 11.7. The van der Waals surface area contributed by atoms with Gasteiger partial charge in [-0.3, -0.25) is 4.79 Å². The molecule has 1 aliphatic rings. The molecule has 1 aliphatic heterocycles. The summed E-state index contributed by atoms with van der Waals surface area (Å²) in [5.74, 6) is 0.0717. The van der Waals surface area contributed by atoms with E-state index in [1.54, 1.807) is 7.11 Å². The average Bonchev–Trinajstić information content (AvgIpc) is 2.64. The Morgan fingerprint density at radius 3 is 3.00 bits per heavy atom. The Morgan fingerprint density at radius 1 is 1.69 bits per heavy atom. The highest BCUT2D eigenvalue weighted by molar-refractivity contribution is 6.20. The summed E-state index contributed by atoms with van der Waals surface area (Å²) in [5.41, 5.74) is 0. The van der Waals surface area contributed by atoms with Crippen LogP contribution in [0.2, 0.25) is 0 Å². The fraction of sp³-hybridized carbons (Fsp3) is 0.909. The number of hydrogen-bond donors (Lipinski definition) is 1. The predicted octanol–water partition coefficient (Wildman–Crippen LogP) is 1.17. The smallest absolute Gasteiger partial charge is 0.225 e. The molecule has 1 rings (SSSR count). The fourth-order valence-corrected chi connectivity index (χ4v) is 2.06. The number of carbonyl (C=O) groups excluding carboxylic acids is 1. The lowest BCUT2D eigenvalue weighted by Gasteiger charge is -2.15. The molecule has 0 saturated carbocycles. The number of nitrogens with one attached hydrogen (secondary N) is 1. The molecule has 1 amide bonds. The molecule has 3 atom stereocenters. The summed E-state index contributed by atoms with van der Waals surface area (Å²) in [6.45, 7) is 3.73. The molecule has 0 bridgehead atoms. The SMILES string of the molecule is COCC(Cl)CCNC(=O)C1CCOC1C. The zero-order valence-electron chi connectivity index (χ0n) is 9.87. The number of methoxy groups -OCH3 is 1. The van der Waals surface area contributed by atoms with E-state index >= 15 is 0 Å². The minimum absolute atomic E-state index is 0.00352. The molecule has 5 heteroatoms. The molecule has 1 fully saturated rings. The van der Waals surface area contributed by atoms with Gasteiger partial charge >= 0.3 is 0 Å². The van der Waals surface area contributed by atoms with Crippen LogP contribution in [0.15, 0.2) is 0 Å². The van der Waals surface area contributed by atoms with Crippen molar-refractivity contribution in [2.24, 2.45) is 5.92 Å². The Morgan fingerprint density at radius 2 is 2.44 bits per heavy atom. The van der Waals surface area contributed by atoms with Crippen LogP contribution in [-0.4, -0.2) is 44.3 Å². The van der Waals surface area contributed by atoms with Gasteiger partial charge < -0.3 is 14.8 Å². The van der Waals surface area contributed by atoms with E-state index in [0.717, 1.165) is 12.8 Å². The van der Waals surface area contributed by atoms with Crippen LogP contribution in [0.25, 0.3) is 0 Å². The van der Waals surface area contributed by atoms with Crippen molar-refractivity contribution in [2.45, 2.75) is 31.2 Å². The number of hydrogen-bond acceptors (Lipinski definition) is 3.